The standard InChI is InChI=1S/C18H14N2O2/c19-15-11-12-16(20(21)22)18(14-9-5-2-6-10-14)17(15)13-7-3-1-4-8-13/h1-12H,19H2. The van der Waals surface area contributed by atoms with Crippen molar-refractivity contribution in [2.24, 2.45) is 0 Å². The maximum Gasteiger partial charge on any atom is 0.277 e. The van der Waals surface area contributed by atoms with Gasteiger partial charge in [0.1, 0.15) is 0 Å². The van der Waals surface area contributed by atoms with Gasteiger partial charge in [0.15, 0.2) is 0 Å². The van der Waals surface area contributed by atoms with Crippen LogP contribution in [0.1, 0.15) is 0 Å². The second kappa shape index (κ2) is 5.69. The molecule has 0 aliphatic carbocycles. The third-order valence-corrected chi connectivity index (χ3v) is 3.54. The van der Waals surface area contributed by atoms with Crippen molar-refractivity contribution < 1.29 is 4.92 Å². The molecule has 108 valence electrons. The van der Waals surface area contributed by atoms with Gasteiger partial charge in [-0.2, -0.15) is 0 Å². The second-order valence-corrected chi connectivity index (χ2v) is 4.91. The molecule has 4 nitrogen and oxygen atoms in total. The van der Waals surface area contributed by atoms with Crippen molar-refractivity contribution in [2.45, 2.75) is 0 Å². The molecule has 0 saturated heterocycles. The zero-order valence-corrected chi connectivity index (χ0v) is 11.8. The highest BCUT2D eigenvalue weighted by Gasteiger charge is 2.22. The Balaban J connectivity index is 2.38. The lowest BCUT2D eigenvalue weighted by atomic mass is 9.91. The van der Waals surface area contributed by atoms with Gasteiger partial charge in [-0.25, -0.2) is 0 Å². The SMILES string of the molecule is Nc1ccc([N+](=O)[O-])c(-c2ccccc2)c1-c1ccccc1. The average Bonchev–Trinajstić information content (AvgIpc) is 2.56. The van der Waals surface area contributed by atoms with E-state index in [4.69, 9.17) is 5.73 Å². The zero-order chi connectivity index (χ0) is 15.5. The molecule has 22 heavy (non-hydrogen) atoms. The van der Waals surface area contributed by atoms with Gasteiger partial charge in [0.2, 0.25) is 0 Å². The normalized spacial score (nSPS) is 10.4. The van der Waals surface area contributed by atoms with Crippen LogP contribution in [-0.4, -0.2) is 4.92 Å². The van der Waals surface area contributed by atoms with Crippen LogP contribution in [0.3, 0.4) is 0 Å². The van der Waals surface area contributed by atoms with Gasteiger partial charge in [-0.1, -0.05) is 60.7 Å². The van der Waals surface area contributed by atoms with Crippen LogP contribution < -0.4 is 5.73 Å². The van der Waals surface area contributed by atoms with Crippen molar-refractivity contribution in [3.05, 3.63) is 82.9 Å². The molecular formula is C18H14N2O2. The monoisotopic (exact) mass is 290 g/mol. The molecular weight excluding hydrogens is 276 g/mol. The molecule has 0 saturated carbocycles. The highest BCUT2D eigenvalue weighted by atomic mass is 16.6. The molecule has 0 amide bonds. The molecule has 0 aromatic heterocycles. The number of nitro benzene ring substituents is 1. The van der Waals surface area contributed by atoms with E-state index >= 15 is 0 Å². The summed E-state index contributed by atoms with van der Waals surface area (Å²) in [5.41, 5.74) is 9.61. The Kier molecular flexibility index (Phi) is 3.58. The molecule has 0 atom stereocenters. The first-order valence-corrected chi connectivity index (χ1v) is 6.86. The van der Waals surface area contributed by atoms with Crippen LogP contribution in [0.4, 0.5) is 11.4 Å². The molecule has 0 fully saturated rings. The Labute approximate surface area is 128 Å². The van der Waals surface area contributed by atoms with E-state index in [2.05, 4.69) is 0 Å². The summed E-state index contributed by atoms with van der Waals surface area (Å²) in [5.74, 6) is 0. The number of hydrogen-bond donors (Lipinski definition) is 1. The molecule has 0 aliphatic rings. The second-order valence-electron chi connectivity index (χ2n) is 4.91. The van der Waals surface area contributed by atoms with E-state index in [1.54, 1.807) is 6.07 Å². The van der Waals surface area contributed by atoms with E-state index in [1.807, 2.05) is 60.7 Å². The van der Waals surface area contributed by atoms with E-state index in [-0.39, 0.29) is 10.6 Å². The van der Waals surface area contributed by atoms with E-state index < -0.39 is 0 Å². The first-order chi connectivity index (χ1) is 10.7. The molecule has 3 rings (SSSR count). The van der Waals surface area contributed by atoms with Crippen LogP contribution in [0, 0.1) is 10.1 Å². The molecule has 0 heterocycles. The summed E-state index contributed by atoms with van der Waals surface area (Å²) >= 11 is 0. The fourth-order valence-corrected chi connectivity index (χ4v) is 2.57. The van der Waals surface area contributed by atoms with Crippen molar-refractivity contribution in [1.29, 1.82) is 0 Å². The van der Waals surface area contributed by atoms with E-state index in [0.29, 0.717) is 16.8 Å². The van der Waals surface area contributed by atoms with Gasteiger partial charge in [-0.15, -0.1) is 0 Å². The topological polar surface area (TPSA) is 69.2 Å². The summed E-state index contributed by atoms with van der Waals surface area (Å²) < 4.78 is 0. The van der Waals surface area contributed by atoms with Crippen LogP contribution in [-0.2, 0) is 0 Å². The summed E-state index contributed by atoms with van der Waals surface area (Å²) in [6.07, 6.45) is 0. The third kappa shape index (κ3) is 2.42. The Morgan fingerprint density at radius 3 is 1.73 bits per heavy atom. The first kappa shape index (κ1) is 13.8. The van der Waals surface area contributed by atoms with Gasteiger partial charge in [0.05, 0.1) is 10.5 Å². The predicted octanol–water partition coefficient (Wildman–Crippen LogP) is 4.51. The van der Waals surface area contributed by atoms with E-state index in [1.165, 1.54) is 6.07 Å². The van der Waals surface area contributed by atoms with Crippen molar-refractivity contribution in [2.75, 3.05) is 5.73 Å². The van der Waals surface area contributed by atoms with Crippen molar-refractivity contribution in [1.82, 2.24) is 0 Å². The van der Waals surface area contributed by atoms with E-state index in [0.717, 1.165) is 11.1 Å². The molecule has 4 heteroatoms. The van der Waals surface area contributed by atoms with Gasteiger partial charge >= 0.3 is 0 Å². The van der Waals surface area contributed by atoms with Crippen LogP contribution in [0.5, 0.6) is 0 Å². The Morgan fingerprint density at radius 1 is 0.727 bits per heavy atom. The van der Waals surface area contributed by atoms with Gasteiger partial charge in [0, 0.05) is 17.3 Å². The Bertz CT molecular complexity index is 815. The molecule has 0 aliphatic heterocycles. The summed E-state index contributed by atoms with van der Waals surface area (Å²) in [7, 11) is 0. The highest BCUT2D eigenvalue weighted by Crippen LogP contribution is 2.42. The molecule has 0 unspecified atom stereocenters. The van der Waals surface area contributed by atoms with Crippen LogP contribution in [0.2, 0.25) is 0 Å². The lowest BCUT2D eigenvalue weighted by Crippen LogP contribution is -1.99. The number of nitrogens with two attached hydrogens (primary N) is 1. The Morgan fingerprint density at radius 2 is 1.23 bits per heavy atom. The van der Waals surface area contributed by atoms with Crippen LogP contribution >= 0.6 is 0 Å². The third-order valence-electron chi connectivity index (χ3n) is 3.54. The predicted molar refractivity (Wildman–Crippen MR) is 88.4 cm³/mol. The van der Waals surface area contributed by atoms with Gasteiger partial charge in [0.25, 0.3) is 5.69 Å². The maximum atomic E-state index is 11.5. The van der Waals surface area contributed by atoms with Crippen molar-refractivity contribution in [3.8, 4) is 22.3 Å². The van der Waals surface area contributed by atoms with E-state index in [9.17, 15) is 10.1 Å². The fraction of sp³-hybridized carbons (Fsp3) is 0. The minimum atomic E-state index is -0.367. The summed E-state index contributed by atoms with van der Waals surface area (Å²) in [5, 5.41) is 11.5. The number of hydrogen-bond acceptors (Lipinski definition) is 3. The first-order valence-electron chi connectivity index (χ1n) is 6.86. The molecule has 0 radical (unpaired) electrons. The highest BCUT2D eigenvalue weighted by molar-refractivity contribution is 5.95. The number of rotatable bonds is 3. The number of nitrogens with zero attached hydrogens (tertiary/aromatic N) is 1. The fourth-order valence-electron chi connectivity index (χ4n) is 2.57. The lowest BCUT2D eigenvalue weighted by Gasteiger charge is -2.13. The zero-order valence-electron chi connectivity index (χ0n) is 11.8. The van der Waals surface area contributed by atoms with Gasteiger partial charge in [-0.3, -0.25) is 10.1 Å². The smallest absolute Gasteiger partial charge is 0.277 e. The summed E-state index contributed by atoms with van der Waals surface area (Å²) in [6, 6.07) is 21.9. The molecule has 2 N–H and O–H groups in total. The van der Waals surface area contributed by atoms with Crippen molar-refractivity contribution in [3.63, 3.8) is 0 Å². The van der Waals surface area contributed by atoms with Gasteiger partial charge < -0.3 is 5.73 Å². The minimum absolute atomic E-state index is 0.0549. The molecule has 3 aromatic rings. The largest absolute Gasteiger partial charge is 0.398 e. The Hall–Kier alpha value is -3.14. The minimum Gasteiger partial charge on any atom is -0.398 e. The molecule has 3 aromatic carbocycles. The number of benzene rings is 3. The number of nitrogen functional groups attached to an aromatic ring is 1. The average molecular weight is 290 g/mol. The lowest BCUT2D eigenvalue weighted by molar-refractivity contribution is -0.384. The molecule has 0 bridgehead atoms. The van der Waals surface area contributed by atoms with Gasteiger partial charge in [-0.05, 0) is 17.2 Å². The molecule has 0 spiro atoms. The van der Waals surface area contributed by atoms with Crippen LogP contribution in [0.25, 0.3) is 22.3 Å². The quantitative estimate of drug-likeness (QED) is 0.438. The summed E-state index contributed by atoms with van der Waals surface area (Å²) in [6.45, 7) is 0. The maximum absolute atomic E-state index is 11.5. The summed E-state index contributed by atoms with van der Waals surface area (Å²) in [4.78, 5) is 11.1. The number of anilines is 1. The number of nitro groups is 1. The van der Waals surface area contributed by atoms with Crippen molar-refractivity contribution >= 4 is 11.4 Å². The van der Waals surface area contributed by atoms with Crippen LogP contribution in [0.15, 0.2) is 72.8 Å².